The quantitative estimate of drug-likeness (QED) is 0.0847. The van der Waals surface area contributed by atoms with Crippen molar-refractivity contribution in [3.05, 3.63) is 96.1 Å². The number of carboxylic acid groups (broad SMARTS) is 2. The van der Waals surface area contributed by atoms with Crippen LogP contribution in [0.4, 0.5) is 0 Å². The molecule has 2 atom stereocenters. The number of nitrogens with zero attached hydrogens (tertiary/aromatic N) is 2. The maximum absolute atomic E-state index is 12.2. The highest BCUT2D eigenvalue weighted by atomic mass is 16.4. The van der Waals surface area contributed by atoms with Gasteiger partial charge in [0.15, 0.2) is 0 Å². The Hall–Kier alpha value is -4.66. The first-order chi connectivity index (χ1) is 25.4. The summed E-state index contributed by atoms with van der Waals surface area (Å²) in [6.45, 7) is 0.872. The van der Waals surface area contributed by atoms with Crippen LogP contribution >= 0.6 is 0 Å². The van der Waals surface area contributed by atoms with Crippen molar-refractivity contribution in [1.29, 1.82) is 0 Å². The fourth-order valence-electron chi connectivity index (χ4n) is 8.44. The smallest absolute Gasteiger partial charge is 0.320 e. The van der Waals surface area contributed by atoms with Gasteiger partial charge >= 0.3 is 11.9 Å². The second-order valence-corrected chi connectivity index (χ2v) is 14.9. The normalized spacial score (nSPS) is 16.9. The molecule has 8 nitrogen and oxygen atoms in total. The summed E-state index contributed by atoms with van der Waals surface area (Å²) in [4.78, 5) is 34.9. The number of aromatic nitrogens is 2. The average Bonchev–Trinajstić information content (AvgIpc) is 3.18. The minimum Gasteiger partial charge on any atom is -0.480 e. The van der Waals surface area contributed by atoms with Crippen LogP contribution in [0.25, 0.3) is 44.3 Å². The highest BCUT2D eigenvalue weighted by Gasteiger charge is 2.25. The Morgan fingerprint density at radius 1 is 0.558 bits per heavy atom. The number of carbonyl (C=O) groups is 2. The zero-order chi connectivity index (χ0) is 35.9. The van der Waals surface area contributed by atoms with Gasteiger partial charge in [-0.15, -0.1) is 0 Å². The van der Waals surface area contributed by atoms with Gasteiger partial charge in [0.25, 0.3) is 0 Å². The predicted octanol–water partition coefficient (Wildman–Crippen LogP) is 9.14. The first kappa shape index (κ1) is 35.7. The molecule has 5 aromatic rings. The summed E-state index contributed by atoms with van der Waals surface area (Å²) in [6, 6.07) is 27.3. The van der Waals surface area contributed by atoms with E-state index in [9.17, 15) is 19.8 Å². The molecule has 0 unspecified atom stereocenters. The SMILES string of the molecule is O=C(O)[C@H](CC1CCCCC1)NCc1ccccc1-c1ccc2ccc3ccc(-c4ccccc4CN[C@@H](CC4CCCCC4)C(=O)O)nc3c2n1. The Morgan fingerprint density at radius 2 is 0.942 bits per heavy atom. The molecule has 2 fully saturated rings. The van der Waals surface area contributed by atoms with Gasteiger partial charge in [0.1, 0.15) is 12.1 Å². The number of fused-ring (bicyclic) bond motifs is 3. The van der Waals surface area contributed by atoms with E-state index in [2.05, 4.69) is 34.9 Å². The second kappa shape index (κ2) is 16.8. The molecular weight excluding hydrogens is 649 g/mol. The summed E-state index contributed by atoms with van der Waals surface area (Å²) in [7, 11) is 0. The van der Waals surface area contributed by atoms with E-state index in [0.29, 0.717) is 37.8 Å². The summed E-state index contributed by atoms with van der Waals surface area (Å²) in [5.74, 6) is -0.666. The minimum atomic E-state index is -0.793. The molecule has 2 aromatic heterocycles. The zero-order valence-corrected chi connectivity index (χ0v) is 29.9. The van der Waals surface area contributed by atoms with E-state index in [1.807, 2.05) is 60.7 Å². The van der Waals surface area contributed by atoms with Gasteiger partial charge in [0.2, 0.25) is 0 Å². The molecule has 8 heteroatoms. The van der Waals surface area contributed by atoms with Gasteiger partial charge in [-0.25, -0.2) is 9.97 Å². The van der Waals surface area contributed by atoms with Gasteiger partial charge in [-0.1, -0.05) is 137 Å². The second-order valence-electron chi connectivity index (χ2n) is 14.9. The van der Waals surface area contributed by atoms with Crippen molar-refractivity contribution < 1.29 is 19.8 Å². The van der Waals surface area contributed by atoms with Crippen molar-refractivity contribution >= 4 is 33.7 Å². The number of hydrogen-bond acceptors (Lipinski definition) is 6. The highest BCUT2D eigenvalue weighted by molar-refractivity contribution is 6.04. The van der Waals surface area contributed by atoms with Crippen LogP contribution in [0.5, 0.6) is 0 Å². The molecule has 2 saturated carbocycles. The van der Waals surface area contributed by atoms with Gasteiger partial charge in [0.05, 0.1) is 22.4 Å². The Morgan fingerprint density at radius 3 is 1.35 bits per heavy atom. The minimum absolute atomic E-state index is 0.436. The lowest BCUT2D eigenvalue weighted by Gasteiger charge is -2.25. The maximum atomic E-state index is 12.2. The van der Waals surface area contributed by atoms with Crippen molar-refractivity contribution in [2.45, 2.75) is 102 Å². The van der Waals surface area contributed by atoms with Crippen LogP contribution in [0.15, 0.2) is 84.9 Å². The van der Waals surface area contributed by atoms with Crippen molar-refractivity contribution in [3.8, 4) is 22.5 Å². The predicted molar refractivity (Wildman–Crippen MR) is 207 cm³/mol. The van der Waals surface area contributed by atoms with Crippen LogP contribution in [-0.4, -0.2) is 44.2 Å². The Bertz CT molecular complexity index is 1870. The van der Waals surface area contributed by atoms with E-state index in [-0.39, 0.29) is 0 Å². The van der Waals surface area contributed by atoms with E-state index >= 15 is 0 Å². The third kappa shape index (κ3) is 8.51. The number of pyridine rings is 2. The van der Waals surface area contributed by atoms with E-state index in [4.69, 9.17) is 9.97 Å². The lowest BCUT2D eigenvalue weighted by Crippen LogP contribution is -2.38. The highest BCUT2D eigenvalue weighted by Crippen LogP contribution is 2.32. The molecule has 0 spiro atoms. The average molecular weight is 699 g/mol. The fourth-order valence-corrected chi connectivity index (χ4v) is 8.44. The molecule has 0 radical (unpaired) electrons. The van der Waals surface area contributed by atoms with Crippen LogP contribution in [0.3, 0.4) is 0 Å². The molecule has 2 aliphatic rings. The molecular formula is C44H50N4O4. The molecule has 3 aromatic carbocycles. The van der Waals surface area contributed by atoms with Gasteiger partial charge < -0.3 is 20.8 Å². The topological polar surface area (TPSA) is 124 Å². The molecule has 0 amide bonds. The number of hydrogen-bond donors (Lipinski definition) is 4. The maximum Gasteiger partial charge on any atom is 0.320 e. The third-order valence-corrected chi connectivity index (χ3v) is 11.4. The molecule has 270 valence electrons. The first-order valence-corrected chi connectivity index (χ1v) is 19.2. The molecule has 0 aliphatic heterocycles. The van der Waals surface area contributed by atoms with Crippen LogP contribution < -0.4 is 10.6 Å². The monoisotopic (exact) mass is 698 g/mol. The summed E-state index contributed by atoms with van der Waals surface area (Å²) < 4.78 is 0. The van der Waals surface area contributed by atoms with Crippen LogP contribution in [-0.2, 0) is 22.7 Å². The number of nitrogens with one attached hydrogen (secondary N) is 2. The lowest BCUT2D eigenvalue weighted by molar-refractivity contribution is -0.141. The van der Waals surface area contributed by atoms with Gasteiger partial charge in [-0.05, 0) is 47.9 Å². The lowest BCUT2D eigenvalue weighted by atomic mass is 9.85. The Labute approximate surface area is 306 Å². The standard InChI is InChI=1S/C44H50N4O4/c49-43(50)39(25-29-11-3-1-4-12-29)45-27-33-15-7-9-17-35(33)37-23-21-31-19-20-32-22-24-38(48-42(32)41(31)47-37)36-18-10-8-16-34(36)28-46-40(44(51)52)26-30-13-5-2-6-14-30/h7-10,15-24,29-30,39-40,45-46H,1-6,11-14,25-28H2,(H,49,50)(H,51,52)/t39-,40-/m0/s1. The van der Waals surface area contributed by atoms with Crippen LogP contribution in [0.2, 0.25) is 0 Å². The van der Waals surface area contributed by atoms with Gasteiger partial charge in [-0.2, -0.15) is 0 Å². The summed E-state index contributed by atoms with van der Waals surface area (Å²) >= 11 is 0. The van der Waals surface area contributed by atoms with E-state index in [0.717, 1.165) is 81.1 Å². The third-order valence-electron chi connectivity index (χ3n) is 11.4. The summed E-state index contributed by atoms with van der Waals surface area (Å²) in [6.07, 6.45) is 13.0. The van der Waals surface area contributed by atoms with E-state index in [1.54, 1.807) is 0 Å². The molecule has 2 aliphatic carbocycles. The fraction of sp³-hybridized carbons (Fsp3) is 0.409. The van der Waals surface area contributed by atoms with Crippen LogP contribution in [0, 0.1) is 11.8 Å². The van der Waals surface area contributed by atoms with Crippen LogP contribution in [0.1, 0.15) is 88.2 Å². The van der Waals surface area contributed by atoms with Gasteiger partial charge in [0, 0.05) is 35.0 Å². The molecule has 52 heavy (non-hydrogen) atoms. The largest absolute Gasteiger partial charge is 0.480 e. The Balaban J connectivity index is 1.15. The molecule has 4 N–H and O–H groups in total. The van der Waals surface area contributed by atoms with E-state index in [1.165, 1.54) is 38.5 Å². The molecule has 7 rings (SSSR count). The van der Waals surface area contributed by atoms with E-state index < -0.39 is 24.0 Å². The summed E-state index contributed by atoms with van der Waals surface area (Å²) in [5.41, 5.74) is 7.15. The molecule has 0 bridgehead atoms. The first-order valence-electron chi connectivity index (χ1n) is 19.2. The van der Waals surface area contributed by atoms with Crippen molar-refractivity contribution in [3.63, 3.8) is 0 Å². The van der Waals surface area contributed by atoms with Crippen molar-refractivity contribution in [2.24, 2.45) is 11.8 Å². The molecule has 2 heterocycles. The summed E-state index contributed by atoms with van der Waals surface area (Å²) in [5, 5.41) is 28.8. The van der Waals surface area contributed by atoms with Crippen molar-refractivity contribution in [1.82, 2.24) is 20.6 Å². The number of rotatable bonds is 14. The van der Waals surface area contributed by atoms with Crippen molar-refractivity contribution in [2.75, 3.05) is 0 Å². The Kier molecular flexibility index (Phi) is 11.5. The number of carboxylic acids is 2. The number of benzene rings is 3. The number of aliphatic carboxylic acids is 2. The zero-order valence-electron chi connectivity index (χ0n) is 29.9. The molecule has 0 saturated heterocycles. The van der Waals surface area contributed by atoms with Gasteiger partial charge in [-0.3, -0.25) is 9.59 Å².